The van der Waals surface area contributed by atoms with Crippen molar-refractivity contribution >= 4 is 45.9 Å². The molecule has 124 valence electrons. The van der Waals surface area contributed by atoms with Gasteiger partial charge in [-0.15, -0.1) is 11.3 Å². The van der Waals surface area contributed by atoms with Crippen molar-refractivity contribution in [1.82, 2.24) is 4.90 Å². The van der Waals surface area contributed by atoms with Gasteiger partial charge in [0.25, 0.3) is 5.91 Å². The van der Waals surface area contributed by atoms with Crippen molar-refractivity contribution < 1.29 is 4.79 Å². The van der Waals surface area contributed by atoms with E-state index in [1.165, 1.54) is 17.3 Å². The number of hydrogen-bond acceptors (Lipinski definition) is 4. The second kappa shape index (κ2) is 7.36. The molecule has 1 amide bonds. The second-order valence-corrected chi connectivity index (χ2v) is 8.07. The summed E-state index contributed by atoms with van der Waals surface area (Å²) in [6, 6.07) is 11.9. The molecule has 1 saturated heterocycles. The molecule has 0 saturated carbocycles. The Bertz CT molecular complexity index is 791. The van der Waals surface area contributed by atoms with Crippen molar-refractivity contribution in [3.05, 3.63) is 57.1 Å². The Morgan fingerprint density at radius 1 is 1.21 bits per heavy atom. The zero-order chi connectivity index (χ0) is 17.1. The number of rotatable bonds is 4. The van der Waals surface area contributed by atoms with E-state index in [9.17, 15) is 4.79 Å². The van der Waals surface area contributed by atoms with Gasteiger partial charge in [-0.3, -0.25) is 9.69 Å². The van der Waals surface area contributed by atoms with E-state index in [4.69, 9.17) is 4.99 Å². The normalized spacial score (nSPS) is 18.3. The second-order valence-electron chi connectivity index (χ2n) is 6.12. The van der Waals surface area contributed by atoms with Crippen molar-refractivity contribution in [2.45, 2.75) is 20.8 Å². The van der Waals surface area contributed by atoms with Crippen LogP contribution in [0.3, 0.4) is 0 Å². The summed E-state index contributed by atoms with van der Waals surface area (Å²) in [5.74, 6) is 0.439. The molecule has 1 aromatic carbocycles. The number of aliphatic imine (C=N–C) groups is 1. The molecule has 1 fully saturated rings. The molecule has 0 atom stereocenters. The van der Waals surface area contributed by atoms with Gasteiger partial charge >= 0.3 is 0 Å². The maximum Gasteiger partial charge on any atom is 0.266 e. The van der Waals surface area contributed by atoms with Gasteiger partial charge in [0, 0.05) is 11.4 Å². The molecule has 1 aliphatic rings. The Morgan fingerprint density at radius 3 is 2.58 bits per heavy atom. The molecule has 0 N–H and O–H groups in total. The Hall–Kier alpha value is -1.85. The number of carbonyl (C=O) groups is 1. The first-order valence-corrected chi connectivity index (χ1v) is 9.63. The number of thioether (sulfide) groups is 1. The minimum absolute atomic E-state index is 0.0520. The smallest absolute Gasteiger partial charge is 0.266 e. The number of benzene rings is 1. The van der Waals surface area contributed by atoms with Gasteiger partial charge in [-0.05, 0) is 59.8 Å². The number of nitrogens with zero attached hydrogens (tertiary/aromatic N) is 2. The first-order chi connectivity index (χ1) is 11.5. The Balaban J connectivity index is 1.95. The van der Waals surface area contributed by atoms with E-state index in [1.54, 1.807) is 16.2 Å². The number of amidine groups is 1. The number of thiophene rings is 1. The maximum atomic E-state index is 12.8. The average molecular weight is 357 g/mol. The Kier molecular flexibility index (Phi) is 5.21. The highest BCUT2D eigenvalue weighted by molar-refractivity contribution is 8.18. The number of amides is 1. The van der Waals surface area contributed by atoms with Crippen LogP contribution < -0.4 is 0 Å². The lowest BCUT2D eigenvalue weighted by molar-refractivity contribution is -0.122. The molecule has 0 unspecified atom stereocenters. The summed E-state index contributed by atoms with van der Waals surface area (Å²) in [6.45, 7) is 6.97. The third-order valence-electron chi connectivity index (χ3n) is 3.58. The SMILES string of the molecule is Cc1ccsc1/C=C1\SC(=Nc2ccccc2)N(CC(C)C)C1=O. The van der Waals surface area contributed by atoms with Crippen LogP contribution in [0.4, 0.5) is 5.69 Å². The van der Waals surface area contributed by atoms with Crippen molar-refractivity contribution in [1.29, 1.82) is 0 Å². The highest BCUT2D eigenvalue weighted by Crippen LogP contribution is 2.35. The lowest BCUT2D eigenvalue weighted by atomic mass is 10.2. The molecular weight excluding hydrogens is 336 g/mol. The summed E-state index contributed by atoms with van der Waals surface area (Å²) in [5, 5.41) is 2.82. The summed E-state index contributed by atoms with van der Waals surface area (Å²) in [4.78, 5) is 21.2. The lowest BCUT2D eigenvalue weighted by Crippen LogP contribution is -2.32. The summed E-state index contributed by atoms with van der Waals surface area (Å²) < 4.78 is 0. The van der Waals surface area contributed by atoms with Crippen LogP contribution in [-0.4, -0.2) is 22.5 Å². The standard InChI is InChI=1S/C19H20N2OS2/c1-13(2)12-21-18(22)17(11-16-14(3)9-10-23-16)24-19(21)20-15-7-5-4-6-8-15/h4-11,13H,12H2,1-3H3/b17-11-,20-19?. The van der Waals surface area contributed by atoms with Crippen LogP contribution in [0.2, 0.25) is 0 Å². The fourth-order valence-corrected chi connectivity index (χ4v) is 4.30. The highest BCUT2D eigenvalue weighted by atomic mass is 32.2. The predicted octanol–water partition coefficient (Wildman–Crippen LogP) is 5.32. The van der Waals surface area contributed by atoms with Crippen LogP contribution in [0, 0.1) is 12.8 Å². The molecular formula is C19H20N2OS2. The summed E-state index contributed by atoms with van der Waals surface area (Å²) in [5.41, 5.74) is 2.07. The van der Waals surface area contributed by atoms with E-state index in [1.807, 2.05) is 36.4 Å². The number of carbonyl (C=O) groups excluding carboxylic acids is 1. The fraction of sp³-hybridized carbons (Fsp3) is 0.263. The third kappa shape index (κ3) is 3.79. The van der Waals surface area contributed by atoms with Crippen LogP contribution in [-0.2, 0) is 4.79 Å². The van der Waals surface area contributed by atoms with E-state index >= 15 is 0 Å². The number of aryl methyl sites for hydroxylation is 1. The van der Waals surface area contributed by atoms with Gasteiger partial charge in [-0.1, -0.05) is 32.0 Å². The maximum absolute atomic E-state index is 12.8. The molecule has 1 aromatic heterocycles. The van der Waals surface area contributed by atoms with Crippen molar-refractivity contribution in [3.63, 3.8) is 0 Å². The van der Waals surface area contributed by atoms with Gasteiger partial charge in [-0.2, -0.15) is 0 Å². The van der Waals surface area contributed by atoms with E-state index in [0.717, 1.165) is 20.6 Å². The average Bonchev–Trinajstić information content (AvgIpc) is 3.07. The van der Waals surface area contributed by atoms with Gasteiger partial charge in [0.1, 0.15) is 0 Å². The molecule has 0 bridgehead atoms. The Labute approximate surface area is 151 Å². The van der Waals surface area contributed by atoms with E-state index < -0.39 is 0 Å². The first-order valence-electron chi connectivity index (χ1n) is 7.94. The van der Waals surface area contributed by atoms with Crippen LogP contribution >= 0.6 is 23.1 Å². The van der Waals surface area contributed by atoms with Gasteiger partial charge in [0.05, 0.1) is 10.6 Å². The molecule has 2 aromatic rings. The molecule has 2 heterocycles. The van der Waals surface area contributed by atoms with Gasteiger partial charge < -0.3 is 0 Å². The molecule has 0 radical (unpaired) electrons. The predicted molar refractivity (Wildman–Crippen MR) is 105 cm³/mol. The van der Waals surface area contributed by atoms with Crippen LogP contribution in [0.15, 0.2) is 51.7 Å². The quantitative estimate of drug-likeness (QED) is 0.695. The molecule has 3 nitrogen and oxygen atoms in total. The number of hydrogen-bond donors (Lipinski definition) is 0. The molecule has 5 heteroatoms. The van der Waals surface area contributed by atoms with Crippen LogP contribution in [0.5, 0.6) is 0 Å². The fourth-order valence-electron chi connectivity index (χ4n) is 2.38. The topological polar surface area (TPSA) is 32.7 Å². The third-order valence-corrected chi connectivity index (χ3v) is 5.55. The minimum atomic E-state index is 0.0520. The van der Waals surface area contributed by atoms with Crippen LogP contribution in [0.1, 0.15) is 24.3 Å². The molecule has 1 aliphatic heterocycles. The van der Waals surface area contributed by atoms with E-state index in [2.05, 4.69) is 32.2 Å². The van der Waals surface area contributed by atoms with Gasteiger partial charge in [0.2, 0.25) is 0 Å². The van der Waals surface area contributed by atoms with Crippen molar-refractivity contribution in [2.75, 3.05) is 6.54 Å². The first kappa shape index (κ1) is 17.0. The van der Waals surface area contributed by atoms with Gasteiger partial charge in [0.15, 0.2) is 5.17 Å². The zero-order valence-corrected chi connectivity index (χ0v) is 15.7. The summed E-state index contributed by atoms with van der Waals surface area (Å²) >= 11 is 3.12. The zero-order valence-electron chi connectivity index (χ0n) is 14.0. The van der Waals surface area contributed by atoms with Gasteiger partial charge in [-0.25, -0.2) is 4.99 Å². The monoisotopic (exact) mass is 356 g/mol. The lowest BCUT2D eigenvalue weighted by Gasteiger charge is -2.17. The molecule has 0 spiro atoms. The number of para-hydroxylation sites is 1. The largest absolute Gasteiger partial charge is 0.286 e. The van der Waals surface area contributed by atoms with E-state index in [0.29, 0.717) is 12.5 Å². The summed E-state index contributed by atoms with van der Waals surface area (Å²) in [7, 11) is 0. The van der Waals surface area contributed by atoms with Crippen LogP contribution in [0.25, 0.3) is 6.08 Å². The molecule has 24 heavy (non-hydrogen) atoms. The minimum Gasteiger partial charge on any atom is -0.286 e. The van der Waals surface area contributed by atoms with Crippen molar-refractivity contribution in [2.24, 2.45) is 10.9 Å². The molecule has 3 rings (SSSR count). The van der Waals surface area contributed by atoms with Crippen molar-refractivity contribution in [3.8, 4) is 0 Å². The summed E-state index contributed by atoms with van der Waals surface area (Å²) in [6.07, 6.45) is 1.99. The van der Waals surface area contributed by atoms with E-state index in [-0.39, 0.29) is 5.91 Å². The highest BCUT2D eigenvalue weighted by Gasteiger charge is 2.33. The Morgan fingerprint density at radius 2 is 1.96 bits per heavy atom. The molecule has 0 aliphatic carbocycles.